The van der Waals surface area contributed by atoms with Crippen molar-refractivity contribution in [3.63, 3.8) is 0 Å². The highest BCUT2D eigenvalue weighted by atomic mass is 16.7. The third-order valence-electron chi connectivity index (χ3n) is 4.07. The topological polar surface area (TPSA) is 178 Å². The average molecular weight is 409 g/mol. The molecule has 3 heterocycles. The largest absolute Gasteiger partial charge is 0.463 e. The van der Waals surface area contributed by atoms with E-state index in [1.165, 1.54) is 31.7 Å². The van der Waals surface area contributed by atoms with E-state index >= 15 is 0 Å². The van der Waals surface area contributed by atoms with Crippen molar-refractivity contribution in [2.75, 3.05) is 12.3 Å². The Balaban J connectivity index is 2.05. The number of carbonyl (C=O) groups excluding carboxylic acids is 3. The van der Waals surface area contributed by atoms with Gasteiger partial charge in [-0.05, 0) is 0 Å². The van der Waals surface area contributed by atoms with E-state index in [0.29, 0.717) is 0 Å². The summed E-state index contributed by atoms with van der Waals surface area (Å²) in [5, 5.41) is 0. The van der Waals surface area contributed by atoms with Crippen molar-refractivity contribution >= 4 is 35.0 Å². The number of nitrogens with two attached hydrogens (primary N) is 1. The third-order valence-corrected chi connectivity index (χ3v) is 4.07. The van der Waals surface area contributed by atoms with Crippen LogP contribution in [0.4, 0.5) is 5.95 Å². The second kappa shape index (κ2) is 7.87. The minimum Gasteiger partial charge on any atom is -0.463 e. The van der Waals surface area contributed by atoms with E-state index in [2.05, 4.69) is 15.0 Å². The SMILES string of the molecule is CC(=O)OC[C@@H]1O[C@H](n2cnc3c(=O)[nH]c(N)nc32)[C@H](OC(C)=O)[C@@H]1OC(C)=O. The molecule has 156 valence electrons. The molecule has 0 aliphatic carbocycles. The third kappa shape index (κ3) is 4.18. The quantitative estimate of drug-likeness (QED) is 0.458. The molecule has 4 atom stereocenters. The number of aromatic nitrogens is 4. The Hall–Kier alpha value is -3.48. The van der Waals surface area contributed by atoms with Crippen molar-refractivity contribution < 1.29 is 33.3 Å². The van der Waals surface area contributed by atoms with E-state index in [4.69, 9.17) is 24.7 Å². The molecule has 1 aliphatic heterocycles. The molecule has 0 amide bonds. The summed E-state index contributed by atoms with van der Waals surface area (Å²) in [7, 11) is 0. The first-order valence-corrected chi connectivity index (χ1v) is 8.53. The van der Waals surface area contributed by atoms with Gasteiger partial charge in [0.2, 0.25) is 5.95 Å². The van der Waals surface area contributed by atoms with Crippen molar-refractivity contribution in [3.8, 4) is 0 Å². The van der Waals surface area contributed by atoms with Crippen LogP contribution in [0.5, 0.6) is 0 Å². The number of nitrogens with one attached hydrogen (secondary N) is 1. The van der Waals surface area contributed by atoms with Crippen LogP contribution in [-0.4, -0.2) is 62.3 Å². The number of imidazole rings is 1. The smallest absolute Gasteiger partial charge is 0.303 e. The molecular formula is C16H19N5O8. The van der Waals surface area contributed by atoms with Crippen LogP contribution in [0.15, 0.2) is 11.1 Å². The molecular weight excluding hydrogens is 390 g/mol. The van der Waals surface area contributed by atoms with Crippen molar-refractivity contribution in [2.24, 2.45) is 0 Å². The maximum absolute atomic E-state index is 12.0. The maximum atomic E-state index is 12.0. The molecule has 2 aromatic heterocycles. The van der Waals surface area contributed by atoms with Gasteiger partial charge in [-0.2, -0.15) is 4.98 Å². The van der Waals surface area contributed by atoms with E-state index in [1.807, 2.05) is 0 Å². The Morgan fingerprint density at radius 3 is 2.45 bits per heavy atom. The predicted octanol–water partition coefficient (Wildman–Crippen LogP) is -0.974. The number of anilines is 1. The maximum Gasteiger partial charge on any atom is 0.303 e. The van der Waals surface area contributed by atoms with Crippen LogP contribution in [0, 0.1) is 0 Å². The average Bonchev–Trinajstić information content (AvgIpc) is 3.15. The van der Waals surface area contributed by atoms with E-state index in [0.717, 1.165) is 0 Å². The molecule has 1 aliphatic rings. The van der Waals surface area contributed by atoms with Gasteiger partial charge in [0.05, 0.1) is 6.33 Å². The number of esters is 3. The lowest BCUT2D eigenvalue weighted by Crippen LogP contribution is -2.40. The van der Waals surface area contributed by atoms with Crippen LogP contribution in [0.1, 0.15) is 27.0 Å². The fourth-order valence-corrected chi connectivity index (χ4v) is 3.05. The molecule has 0 spiro atoms. The molecule has 2 aromatic rings. The summed E-state index contributed by atoms with van der Waals surface area (Å²) in [5.74, 6) is -2.04. The van der Waals surface area contributed by atoms with Gasteiger partial charge in [-0.25, -0.2) is 4.98 Å². The number of nitrogens with zero attached hydrogens (tertiary/aromatic N) is 3. The first-order valence-electron chi connectivity index (χ1n) is 8.53. The highest BCUT2D eigenvalue weighted by molar-refractivity contribution is 5.71. The van der Waals surface area contributed by atoms with Crippen LogP contribution in [0.3, 0.4) is 0 Å². The summed E-state index contributed by atoms with van der Waals surface area (Å²) in [4.78, 5) is 56.9. The van der Waals surface area contributed by atoms with Gasteiger partial charge < -0.3 is 24.7 Å². The minimum atomic E-state index is -1.13. The number of nitrogen functional groups attached to an aromatic ring is 1. The van der Waals surface area contributed by atoms with Crippen LogP contribution in [-0.2, 0) is 33.3 Å². The van der Waals surface area contributed by atoms with Gasteiger partial charge in [0.1, 0.15) is 12.7 Å². The number of hydrogen-bond donors (Lipinski definition) is 2. The van der Waals surface area contributed by atoms with Crippen LogP contribution in [0.2, 0.25) is 0 Å². The lowest BCUT2D eigenvalue weighted by molar-refractivity contribution is -0.166. The van der Waals surface area contributed by atoms with Crippen LogP contribution >= 0.6 is 0 Å². The summed E-state index contributed by atoms with van der Waals surface area (Å²) in [6.07, 6.45) is -2.99. The predicted molar refractivity (Wildman–Crippen MR) is 94.2 cm³/mol. The zero-order valence-corrected chi connectivity index (χ0v) is 15.8. The second-order valence-electron chi connectivity index (χ2n) is 6.29. The fraction of sp³-hybridized carbons (Fsp3) is 0.500. The van der Waals surface area contributed by atoms with E-state index in [1.54, 1.807) is 0 Å². The van der Waals surface area contributed by atoms with Crippen molar-refractivity contribution in [1.29, 1.82) is 0 Å². The standard InChI is InChI=1S/C16H19N5O8/c1-6(22)26-4-9-11(27-7(2)23)12(28-8(3)24)15(29-9)21-5-18-10-13(21)19-16(17)20-14(10)25/h5,9,11-12,15H,4H2,1-3H3,(H3,17,19,20,25)/t9-,11+,12+,15-/m0/s1. The Bertz CT molecular complexity index is 1010. The molecule has 29 heavy (non-hydrogen) atoms. The van der Waals surface area contributed by atoms with Crippen molar-refractivity contribution in [2.45, 2.75) is 45.3 Å². The fourth-order valence-electron chi connectivity index (χ4n) is 3.05. The van der Waals surface area contributed by atoms with E-state index < -0.39 is 48.0 Å². The van der Waals surface area contributed by atoms with Gasteiger partial charge in [-0.3, -0.25) is 28.7 Å². The first kappa shape index (κ1) is 20.3. The Kier molecular flexibility index (Phi) is 5.50. The summed E-state index contributed by atoms with van der Waals surface area (Å²) < 4.78 is 22.8. The van der Waals surface area contributed by atoms with E-state index in [9.17, 15) is 19.2 Å². The number of aromatic amines is 1. The number of fused-ring (bicyclic) bond motifs is 1. The van der Waals surface area contributed by atoms with Gasteiger partial charge in [-0.15, -0.1) is 0 Å². The summed E-state index contributed by atoms with van der Waals surface area (Å²) >= 11 is 0. The van der Waals surface area contributed by atoms with Gasteiger partial charge in [0.25, 0.3) is 5.56 Å². The zero-order valence-electron chi connectivity index (χ0n) is 15.8. The highest BCUT2D eigenvalue weighted by Crippen LogP contribution is 2.35. The van der Waals surface area contributed by atoms with Gasteiger partial charge in [0, 0.05) is 20.8 Å². The number of rotatable bonds is 5. The lowest BCUT2D eigenvalue weighted by Gasteiger charge is -2.23. The van der Waals surface area contributed by atoms with Crippen LogP contribution < -0.4 is 11.3 Å². The van der Waals surface area contributed by atoms with Crippen LogP contribution in [0.25, 0.3) is 11.2 Å². The minimum absolute atomic E-state index is 0.0168. The Morgan fingerprint density at radius 1 is 1.17 bits per heavy atom. The Labute approximate surface area is 163 Å². The van der Waals surface area contributed by atoms with Gasteiger partial charge in [-0.1, -0.05) is 0 Å². The zero-order chi connectivity index (χ0) is 21.3. The Morgan fingerprint density at radius 2 is 1.83 bits per heavy atom. The van der Waals surface area contributed by atoms with Gasteiger partial charge >= 0.3 is 17.9 Å². The van der Waals surface area contributed by atoms with Crippen molar-refractivity contribution in [1.82, 2.24) is 19.5 Å². The normalized spacial score (nSPS) is 23.7. The number of carbonyl (C=O) groups is 3. The number of H-pyrrole nitrogens is 1. The summed E-state index contributed by atoms with van der Waals surface area (Å²) in [6, 6.07) is 0. The summed E-state index contributed by atoms with van der Waals surface area (Å²) in [5.41, 5.74) is 5.09. The molecule has 0 unspecified atom stereocenters. The molecule has 1 fully saturated rings. The first-order chi connectivity index (χ1) is 13.7. The molecule has 0 radical (unpaired) electrons. The molecule has 3 N–H and O–H groups in total. The monoisotopic (exact) mass is 409 g/mol. The van der Waals surface area contributed by atoms with Crippen molar-refractivity contribution in [3.05, 3.63) is 16.7 Å². The molecule has 13 heteroatoms. The molecule has 0 saturated carbocycles. The summed E-state index contributed by atoms with van der Waals surface area (Å²) in [6.45, 7) is 3.30. The van der Waals surface area contributed by atoms with Gasteiger partial charge in [0.15, 0.2) is 29.6 Å². The molecule has 13 nitrogen and oxygen atoms in total. The lowest BCUT2D eigenvalue weighted by atomic mass is 10.1. The number of hydrogen-bond acceptors (Lipinski definition) is 11. The molecule has 1 saturated heterocycles. The highest BCUT2D eigenvalue weighted by Gasteiger charge is 2.51. The number of ether oxygens (including phenoxy) is 4. The molecule has 3 rings (SSSR count). The second-order valence-corrected chi connectivity index (χ2v) is 6.29. The van der Waals surface area contributed by atoms with E-state index in [-0.39, 0.29) is 23.7 Å². The molecule has 0 bridgehead atoms. The molecule has 0 aromatic carbocycles.